The zero-order valence-electron chi connectivity index (χ0n) is 15.0. The Kier molecular flexibility index (Phi) is 4.85. The van der Waals surface area contributed by atoms with Crippen molar-refractivity contribution in [3.05, 3.63) is 48.6 Å². The van der Waals surface area contributed by atoms with E-state index in [2.05, 4.69) is 6.58 Å². The van der Waals surface area contributed by atoms with E-state index >= 15 is 0 Å². The van der Waals surface area contributed by atoms with Crippen LogP contribution in [0.25, 0.3) is 0 Å². The average Bonchev–Trinajstić information content (AvgIpc) is 2.83. The Hall–Kier alpha value is -2.63. The Morgan fingerprint density at radius 1 is 1.35 bits per heavy atom. The zero-order chi connectivity index (χ0) is 18.9. The maximum Gasteiger partial charge on any atom is 0.411 e. The molecular formula is C20H23NO5. The number of hydrogen-bond acceptors (Lipinski definition) is 5. The third kappa shape index (κ3) is 2.79. The number of methoxy groups -OCH3 is 1. The van der Waals surface area contributed by atoms with Gasteiger partial charge in [-0.3, -0.25) is 9.69 Å². The molecule has 138 valence electrons. The molecule has 0 N–H and O–H groups in total. The second-order valence-electron chi connectivity index (χ2n) is 7.09. The van der Waals surface area contributed by atoms with Crippen LogP contribution in [0.5, 0.6) is 0 Å². The number of ether oxygens (including phenoxy) is 2. The third-order valence-corrected chi connectivity index (χ3v) is 5.54. The minimum Gasteiger partial charge on any atom is -0.467 e. The van der Waals surface area contributed by atoms with Crippen LogP contribution in [0.15, 0.2) is 43.0 Å². The number of ketones is 1. The lowest BCUT2D eigenvalue weighted by molar-refractivity contribution is -0.149. The predicted molar refractivity (Wildman–Crippen MR) is 94.1 cm³/mol. The van der Waals surface area contributed by atoms with E-state index in [1.54, 1.807) is 6.08 Å². The van der Waals surface area contributed by atoms with E-state index in [1.807, 2.05) is 37.3 Å². The summed E-state index contributed by atoms with van der Waals surface area (Å²) in [6.07, 6.45) is 1.75. The standard InChI is InChI=1S/C20H23NO5/c1-4-10-20(2)16-14(11-15(16)22)21(17(20)18(23)25-3)19(24)26-12-13-8-6-5-7-9-13/h4-9,14,16-17H,1,10-12H2,2-3H3. The highest BCUT2D eigenvalue weighted by Crippen LogP contribution is 2.55. The molecule has 3 rings (SSSR count). The second-order valence-corrected chi connectivity index (χ2v) is 7.09. The van der Waals surface area contributed by atoms with Crippen molar-refractivity contribution in [1.82, 2.24) is 4.90 Å². The smallest absolute Gasteiger partial charge is 0.411 e. The van der Waals surface area contributed by atoms with E-state index in [0.29, 0.717) is 6.42 Å². The third-order valence-electron chi connectivity index (χ3n) is 5.54. The first-order chi connectivity index (χ1) is 12.4. The molecule has 1 aliphatic carbocycles. The maximum atomic E-state index is 12.8. The van der Waals surface area contributed by atoms with Crippen LogP contribution in [-0.2, 0) is 25.7 Å². The summed E-state index contributed by atoms with van der Waals surface area (Å²) in [5.74, 6) is -0.867. The van der Waals surface area contributed by atoms with Gasteiger partial charge in [0.15, 0.2) is 0 Å². The van der Waals surface area contributed by atoms with Gasteiger partial charge in [0.25, 0.3) is 0 Å². The van der Waals surface area contributed by atoms with Gasteiger partial charge in [-0.2, -0.15) is 0 Å². The summed E-state index contributed by atoms with van der Waals surface area (Å²) in [5.41, 5.74) is 0.116. The molecule has 1 saturated carbocycles. The number of fused-ring (bicyclic) bond motifs is 1. The molecule has 1 heterocycles. The first kappa shape index (κ1) is 18.2. The molecule has 1 aliphatic heterocycles. The number of rotatable bonds is 5. The van der Waals surface area contributed by atoms with Gasteiger partial charge in [-0.25, -0.2) is 9.59 Å². The van der Waals surface area contributed by atoms with Crippen LogP contribution in [0.3, 0.4) is 0 Å². The number of allylic oxidation sites excluding steroid dienone is 1. The van der Waals surface area contributed by atoms with E-state index in [1.165, 1.54) is 12.0 Å². The SMILES string of the molecule is C=CCC1(C)C2C(=O)CC2N(C(=O)OCc2ccccc2)C1C(=O)OC. The lowest BCUT2D eigenvalue weighted by atomic mass is 9.62. The summed E-state index contributed by atoms with van der Waals surface area (Å²) in [6, 6.07) is 8.11. The van der Waals surface area contributed by atoms with E-state index < -0.39 is 29.4 Å². The summed E-state index contributed by atoms with van der Waals surface area (Å²) in [4.78, 5) is 38.9. The minimum atomic E-state index is -0.866. The Morgan fingerprint density at radius 2 is 2.04 bits per heavy atom. The fourth-order valence-corrected chi connectivity index (χ4v) is 4.33. The van der Waals surface area contributed by atoms with Crippen LogP contribution in [-0.4, -0.2) is 41.9 Å². The number of likely N-dealkylation sites (tertiary alicyclic amines) is 1. The molecule has 2 fully saturated rings. The van der Waals surface area contributed by atoms with Gasteiger partial charge in [-0.15, -0.1) is 6.58 Å². The van der Waals surface area contributed by atoms with Gasteiger partial charge in [-0.05, 0) is 12.0 Å². The van der Waals surface area contributed by atoms with Crippen molar-refractivity contribution in [2.24, 2.45) is 11.3 Å². The highest BCUT2D eigenvalue weighted by Gasteiger charge is 2.68. The molecule has 0 radical (unpaired) electrons. The van der Waals surface area contributed by atoms with Gasteiger partial charge < -0.3 is 9.47 Å². The van der Waals surface area contributed by atoms with Gasteiger partial charge in [-0.1, -0.05) is 43.3 Å². The molecule has 1 saturated heterocycles. The summed E-state index contributed by atoms with van der Waals surface area (Å²) in [7, 11) is 1.28. The molecule has 26 heavy (non-hydrogen) atoms. The van der Waals surface area contributed by atoms with Gasteiger partial charge in [0.05, 0.1) is 13.2 Å². The molecule has 0 aromatic heterocycles. The molecule has 1 aromatic carbocycles. The number of carbonyl (C=O) groups is 3. The molecule has 4 unspecified atom stereocenters. The number of amides is 1. The number of hydrogen-bond donors (Lipinski definition) is 0. The van der Waals surface area contributed by atoms with Crippen molar-refractivity contribution in [2.75, 3.05) is 7.11 Å². The molecular weight excluding hydrogens is 334 g/mol. The fourth-order valence-electron chi connectivity index (χ4n) is 4.33. The second kappa shape index (κ2) is 6.94. The van der Waals surface area contributed by atoms with Crippen LogP contribution in [0.1, 0.15) is 25.3 Å². The van der Waals surface area contributed by atoms with Crippen molar-refractivity contribution in [3.8, 4) is 0 Å². The van der Waals surface area contributed by atoms with E-state index in [-0.39, 0.29) is 24.9 Å². The number of esters is 1. The largest absolute Gasteiger partial charge is 0.467 e. The Labute approximate surface area is 152 Å². The number of carbonyl (C=O) groups excluding carboxylic acids is 3. The number of benzene rings is 1. The summed E-state index contributed by atoms with van der Waals surface area (Å²) >= 11 is 0. The molecule has 6 nitrogen and oxygen atoms in total. The number of nitrogens with zero attached hydrogens (tertiary/aromatic N) is 1. The van der Waals surface area contributed by atoms with Gasteiger partial charge >= 0.3 is 12.1 Å². The molecule has 0 bridgehead atoms. The van der Waals surface area contributed by atoms with Crippen molar-refractivity contribution in [3.63, 3.8) is 0 Å². The molecule has 0 spiro atoms. The highest BCUT2D eigenvalue weighted by molar-refractivity contribution is 5.95. The summed E-state index contributed by atoms with van der Waals surface area (Å²) in [6.45, 7) is 5.69. The van der Waals surface area contributed by atoms with E-state index in [4.69, 9.17) is 9.47 Å². The quantitative estimate of drug-likeness (QED) is 0.598. The van der Waals surface area contributed by atoms with Crippen LogP contribution in [0.4, 0.5) is 4.79 Å². The van der Waals surface area contributed by atoms with Crippen LogP contribution in [0, 0.1) is 11.3 Å². The van der Waals surface area contributed by atoms with Gasteiger partial charge in [0, 0.05) is 17.8 Å². The first-order valence-corrected chi connectivity index (χ1v) is 8.64. The number of Topliss-reactive ketones (excluding diaryl/α,β-unsaturated/α-hetero) is 1. The first-order valence-electron chi connectivity index (χ1n) is 8.64. The Balaban J connectivity index is 1.86. The van der Waals surface area contributed by atoms with Crippen molar-refractivity contribution >= 4 is 17.8 Å². The fraction of sp³-hybridized carbons (Fsp3) is 0.450. The zero-order valence-corrected chi connectivity index (χ0v) is 15.0. The Morgan fingerprint density at radius 3 is 2.62 bits per heavy atom. The molecule has 2 aliphatic rings. The normalized spacial score (nSPS) is 29.5. The lowest BCUT2D eigenvalue weighted by Crippen LogP contribution is -2.51. The maximum absolute atomic E-state index is 12.8. The summed E-state index contributed by atoms with van der Waals surface area (Å²) in [5, 5.41) is 0. The average molecular weight is 357 g/mol. The van der Waals surface area contributed by atoms with Crippen LogP contribution >= 0.6 is 0 Å². The molecule has 1 aromatic rings. The van der Waals surface area contributed by atoms with Crippen molar-refractivity contribution in [2.45, 2.75) is 38.5 Å². The Bertz CT molecular complexity index is 731. The van der Waals surface area contributed by atoms with E-state index in [0.717, 1.165) is 5.56 Å². The lowest BCUT2D eigenvalue weighted by Gasteiger charge is -2.38. The topological polar surface area (TPSA) is 72.9 Å². The van der Waals surface area contributed by atoms with Gasteiger partial charge in [0.1, 0.15) is 18.4 Å². The van der Waals surface area contributed by atoms with Gasteiger partial charge in [0.2, 0.25) is 0 Å². The molecule has 1 amide bonds. The van der Waals surface area contributed by atoms with Crippen molar-refractivity contribution in [1.29, 1.82) is 0 Å². The molecule has 6 heteroatoms. The summed E-state index contributed by atoms with van der Waals surface area (Å²) < 4.78 is 10.4. The van der Waals surface area contributed by atoms with E-state index in [9.17, 15) is 14.4 Å². The minimum absolute atomic E-state index is 0.0617. The molecule has 4 atom stereocenters. The highest BCUT2D eigenvalue weighted by atomic mass is 16.6. The van der Waals surface area contributed by atoms with Crippen LogP contribution in [0.2, 0.25) is 0 Å². The monoisotopic (exact) mass is 357 g/mol. The van der Waals surface area contributed by atoms with Crippen LogP contribution < -0.4 is 0 Å². The predicted octanol–water partition coefficient (Wildman–Crippen LogP) is 2.72. The van der Waals surface area contributed by atoms with Crippen molar-refractivity contribution < 1.29 is 23.9 Å².